The first-order valence-corrected chi connectivity index (χ1v) is 5.76. The van der Waals surface area contributed by atoms with Gasteiger partial charge in [-0.2, -0.15) is 0 Å². The molecule has 2 rings (SSSR count). The van der Waals surface area contributed by atoms with E-state index in [2.05, 4.69) is 0 Å². The Morgan fingerprint density at radius 1 is 1.35 bits per heavy atom. The first kappa shape index (κ1) is 12.1. The average molecular weight is 236 g/mol. The van der Waals surface area contributed by atoms with E-state index >= 15 is 0 Å². The number of aliphatic hydroxyl groups excluding tert-OH is 1. The Labute approximate surface area is 100 Å². The van der Waals surface area contributed by atoms with Crippen LogP contribution in [0.5, 0.6) is 0 Å². The normalized spacial score (nSPS) is 14.2. The minimum Gasteiger partial charge on any atom is -0.461 e. The van der Waals surface area contributed by atoms with Crippen LogP contribution in [0.25, 0.3) is 11.0 Å². The van der Waals surface area contributed by atoms with Crippen LogP contribution in [0.3, 0.4) is 0 Å². The number of hydrogen-bond acceptors (Lipinski definition) is 2. The molecule has 1 heterocycles. The third kappa shape index (κ3) is 2.50. The molecule has 1 unspecified atom stereocenters. The number of furan rings is 1. The molecule has 2 nitrogen and oxygen atoms in total. The largest absolute Gasteiger partial charge is 0.461 e. The fraction of sp³-hybridized carbons (Fsp3) is 0.429. The number of rotatable bonds is 3. The standard InChI is InChI=1S/C14H17FO2/c1-9(16)8-14(2,3)13-7-10-6-11(15)4-5-12(10)17-13/h4-7,9,16H,8H2,1-3H3. The number of halogens is 1. The van der Waals surface area contributed by atoms with Gasteiger partial charge < -0.3 is 9.52 Å². The molecule has 92 valence electrons. The Balaban J connectivity index is 2.42. The Morgan fingerprint density at radius 2 is 2.06 bits per heavy atom. The van der Waals surface area contributed by atoms with E-state index in [1.165, 1.54) is 12.1 Å². The van der Waals surface area contributed by atoms with E-state index in [1.54, 1.807) is 13.0 Å². The van der Waals surface area contributed by atoms with Crippen molar-refractivity contribution in [2.24, 2.45) is 0 Å². The van der Waals surface area contributed by atoms with E-state index in [0.717, 1.165) is 11.1 Å². The van der Waals surface area contributed by atoms with Gasteiger partial charge in [-0.15, -0.1) is 0 Å². The van der Waals surface area contributed by atoms with Crippen LogP contribution in [0.1, 0.15) is 33.0 Å². The predicted octanol–water partition coefficient (Wildman–Crippen LogP) is 3.62. The molecule has 1 N–H and O–H groups in total. The minimum absolute atomic E-state index is 0.260. The molecule has 1 aromatic heterocycles. The summed E-state index contributed by atoms with van der Waals surface area (Å²) < 4.78 is 18.8. The highest BCUT2D eigenvalue weighted by Crippen LogP contribution is 2.33. The Kier molecular flexibility index (Phi) is 2.96. The molecular weight excluding hydrogens is 219 g/mol. The van der Waals surface area contributed by atoms with Crippen molar-refractivity contribution in [1.29, 1.82) is 0 Å². The van der Waals surface area contributed by atoms with Crippen LogP contribution in [-0.4, -0.2) is 11.2 Å². The SMILES string of the molecule is CC(O)CC(C)(C)c1cc2cc(F)ccc2o1. The summed E-state index contributed by atoms with van der Waals surface area (Å²) >= 11 is 0. The van der Waals surface area contributed by atoms with Crippen molar-refractivity contribution >= 4 is 11.0 Å². The molecule has 0 aliphatic rings. The van der Waals surface area contributed by atoms with Crippen LogP contribution in [0.15, 0.2) is 28.7 Å². The van der Waals surface area contributed by atoms with Crippen molar-refractivity contribution in [3.05, 3.63) is 35.8 Å². The van der Waals surface area contributed by atoms with Crippen LogP contribution in [0.2, 0.25) is 0 Å². The van der Waals surface area contributed by atoms with E-state index in [4.69, 9.17) is 4.42 Å². The Bertz CT molecular complexity index is 526. The Morgan fingerprint density at radius 3 is 2.71 bits per heavy atom. The van der Waals surface area contributed by atoms with Gasteiger partial charge in [-0.05, 0) is 37.6 Å². The molecule has 0 amide bonds. The quantitative estimate of drug-likeness (QED) is 0.883. The molecule has 0 saturated carbocycles. The van der Waals surface area contributed by atoms with Crippen LogP contribution in [0.4, 0.5) is 4.39 Å². The van der Waals surface area contributed by atoms with Gasteiger partial charge in [-0.25, -0.2) is 4.39 Å². The van der Waals surface area contributed by atoms with E-state index < -0.39 is 6.10 Å². The highest BCUT2D eigenvalue weighted by molar-refractivity contribution is 5.78. The van der Waals surface area contributed by atoms with Crippen LogP contribution < -0.4 is 0 Å². The van der Waals surface area contributed by atoms with Gasteiger partial charge >= 0.3 is 0 Å². The lowest BCUT2D eigenvalue weighted by Gasteiger charge is -2.23. The predicted molar refractivity (Wildman–Crippen MR) is 65.5 cm³/mol. The summed E-state index contributed by atoms with van der Waals surface area (Å²) in [5.74, 6) is 0.511. The van der Waals surface area contributed by atoms with Gasteiger partial charge in [0.25, 0.3) is 0 Å². The van der Waals surface area contributed by atoms with Gasteiger partial charge in [0.2, 0.25) is 0 Å². The second-order valence-corrected chi connectivity index (χ2v) is 5.23. The number of fused-ring (bicyclic) bond motifs is 1. The molecule has 0 aliphatic heterocycles. The first-order valence-electron chi connectivity index (χ1n) is 5.76. The number of aliphatic hydroxyl groups is 1. The third-order valence-electron chi connectivity index (χ3n) is 2.95. The molecule has 0 fully saturated rings. The summed E-state index contributed by atoms with van der Waals surface area (Å²) in [6.45, 7) is 5.77. The fourth-order valence-corrected chi connectivity index (χ4v) is 2.19. The summed E-state index contributed by atoms with van der Waals surface area (Å²) in [6.07, 6.45) is 0.213. The lowest BCUT2D eigenvalue weighted by molar-refractivity contribution is 0.150. The smallest absolute Gasteiger partial charge is 0.134 e. The highest BCUT2D eigenvalue weighted by atomic mass is 19.1. The van der Waals surface area contributed by atoms with Gasteiger partial charge in [-0.3, -0.25) is 0 Å². The molecule has 1 atom stereocenters. The lowest BCUT2D eigenvalue weighted by Crippen LogP contribution is -2.22. The van der Waals surface area contributed by atoms with Crippen molar-refractivity contribution in [3.63, 3.8) is 0 Å². The van der Waals surface area contributed by atoms with Crippen molar-refractivity contribution in [2.75, 3.05) is 0 Å². The second-order valence-electron chi connectivity index (χ2n) is 5.23. The van der Waals surface area contributed by atoms with Crippen LogP contribution in [0, 0.1) is 5.82 Å². The zero-order valence-corrected chi connectivity index (χ0v) is 10.3. The maximum Gasteiger partial charge on any atom is 0.134 e. The summed E-state index contributed by atoms with van der Waals surface area (Å²) in [5.41, 5.74) is 0.420. The zero-order chi connectivity index (χ0) is 12.6. The second kappa shape index (κ2) is 4.15. The molecule has 0 radical (unpaired) electrons. The van der Waals surface area contributed by atoms with E-state index in [0.29, 0.717) is 12.0 Å². The molecular formula is C14H17FO2. The number of benzene rings is 1. The maximum atomic E-state index is 13.1. The minimum atomic E-state index is -0.394. The van der Waals surface area contributed by atoms with Crippen LogP contribution >= 0.6 is 0 Å². The maximum absolute atomic E-state index is 13.1. The van der Waals surface area contributed by atoms with Gasteiger partial charge in [0, 0.05) is 10.8 Å². The molecule has 0 aliphatic carbocycles. The summed E-state index contributed by atoms with van der Waals surface area (Å²) in [7, 11) is 0. The van der Waals surface area contributed by atoms with Gasteiger partial charge in [0.1, 0.15) is 17.2 Å². The van der Waals surface area contributed by atoms with E-state index in [-0.39, 0.29) is 11.2 Å². The Hall–Kier alpha value is -1.35. The summed E-state index contributed by atoms with van der Waals surface area (Å²) in [5, 5.41) is 10.2. The van der Waals surface area contributed by atoms with Crippen LogP contribution in [-0.2, 0) is 5.41 Å². The monoisotopic (exact) mass is 236 g/mol. The highest BCUT2D eigenvalue weighted by Gasteiger charge is 2.26. The fourth-order valence-electron chi connectivity index (χ4n) is 2.19. The lowest BCUT2D eigenvalue weighted by atomic mass is 9.84. The molecule has 0 spiro atoms. The molecule has 1 aromatic carbocycles. The first-order chi connectivity index (χ1) is 7.88. The van der Waals surface area contributed by atoms with Crippen molar-refractivity contribution < 1.29 is 13.9 Å². The topological polar surface area (TPSA) is 33.4 Å². The summed E-state index contributed by atoms with van der Waals surface area (Å²) in [6, 6.07) is 6.32. The average Bonchev–Trinajstić information content (AvgIpc) is 2.58. The van der Waals surface area contributed by atoms with E-state index in [1.807, 2.05) is 19.9 Å². The molecule has 3 heteroatoms. The zero-order valence-electron chi connectivity index (χ0n) is 10.3. The van der Waals surface area contributed by atoms with Crippen molar-refractivity contribution in [1.82, 2.24) is 0 Å². The molecule has 0 bridgehead atoms. The molecule has 17 heavy (non-hydrogen) atoms. The number of hydrogen-bond donors (Lipinski definition) is 1. The molecule has 2 aromatic rings. The van der Waals surface area contributed by atoms with Gasteiger partial charge in [0.05, 0.1) is 6.10 Å². The van der Waals surface area contributed by atoms with Gasteiger partial charge in [0.15, 0.2) is 0 Å². The third-order valence-corrected chi connectivity index (χ3v) is 2.95. The molecule has 0 saturated heterocycles. The van der Waals surface area contributed by atoms with Gasteiger partial charge in [-0.1, -0.05) is 13.8 Å². The summed E-state index contributed by atoms with van der Waals surface area (Å²) in [4.78, 5) is 0. The van der Waals surface area contributed by atoms with E-state index in [9.17, 15) is 9.50 Å². The van der Waals surface area contributed by atoms with Crippen molar-refractivity contribution in [3.8, 4) is 0 Å². The van der Waals surface area contributed by atoms with Crippen molar-refractivity contribution in [2.45, 2.75) is 38.7 Å².